The van der Waals surface area contributed by atoms with Crippen molar-refractivity contribution in [2.75, 3.05) is 19.8 Å². The molecule has 0 heterocycles. The van der Waals surface area contributed by atoms with Gasteiger partial charge in [-0.15, -0.1) is 0 Å². The van der Waals surface area contributed by atoms with Gasteiger partial charge in [-0.05, 0) is 18.8 Å². The summed E-state index contributed by atoms with van der Waals surface area (Å²) in [5.41, 5.74) is 0. The van der Waals surface area contributed by atoms with Crippen LogP contribution in [-0.4, -0.2) is 36.7 Å². The van der Waals surface area contributed by atoms with Gasteiger partial charge in [-0.2, -0.15) is 0 Å². The fourth-order valence-electron chi connectivity index (χ4n) is 1.60. The molecule has 5 heteroatoms. The van der Waals surface area contributed by atoms with E-state index in [2.05, 4.69) is 17.5 Å². The largest absolute Gasteiger partial charge is 0.480 e. The maximum Gasteiger partial charge on any atom is 0.329 e. The zero-order chi connectivity index (χ0) is 11.8. The van der Waals surface area contributed by atoms with Crippen molar-refractivity contribution in [1.82, 2.24) is 5.32 Å². The highest BCUT2D eigenvalue weighted by Crippen LogP contribution is 2.19. The van der Waals surface area contributed by atoms with Crippen molar-refractivity contribution >= 4 is 11.9 Å². The molecule has 1 amide bonds. The summed E-state index contributed by atoms with van der Waals surface area (Å²) >= 11 is 0. The number of carboxylic acid groups (broad SMARTS) is 1. The first-order valence-electron chi connectivity index (χ1n) is 5.41. The Kier molecular flexibility index (Phi) is 5.56. The molecule has 1 aliphatic rings. The van der Waals surface area contributed by atoms with Crippen LogP contribution >= 0.6 is 0 Å². The van der Waals surface area contributed by atoms with E-state index in [9.17, 15) is 9.59 Å². The van der Waals surface area contributed by atoms with E-state index in [-0.39, 0.29) is 19.1 Å². The van der Waals surface area contributed by atoms with E-state index in [1.165, 1.54) is 0 Å². The standard InChI is InChI=1S/C11H17NO4/c13-10(7-9-3-1-2-4-9)12-5-6-16-8-11(14)15/h1,3,9H,2,4-8H2,(H,12,13)(H,14,15). The Morgan fingerprint density at radius 3 is 2.94 bits per heavy atom. The maximum atomic E-state index is 11.4. The topological polar surface area (TPSA) is 75.6 Å². The van der Waals surface area contributed by atoms with Crippen molar-refractivity contribution in [3.63, 3.8) is 0 Å². The second kappa shape index (κ2) is 7.00. The Labute approximate surface area is 94.5 Å². The van der Waals surface area contributed by atoms with Gasteiger partial charge < -0.3 is 15.2 Å². The molecule has 0 aromatic carbocycles. The molecule has 1 rings (SSSR count). The molecule has 0 aliphatic heterocycles. The molecule has 0 radical (unpaired) electrons. The minimum Gasteiger partial charge on any atom is -0.480 e. The zero-order valence-corrected chi connectivity index (χ0v) is 9.15. The summed E-state index contributed by atoms with van der Waals surface area (Å²) in [6, 6.07) is 0. The average molecular weight is 227 g/mol. The number of rotatable bonds is 7. The van der Waals surface area contributed by atoms with Gasteiger partial charge >= 0.3 is 5.97 Å². The molecule has 0 aromatic heterocycles. The molecule has 1 unspecified atom stereocenters. The average Bonchev–Trinajstić information content (AvgIpc) is 2.69. The Morgan fingerprint density at radius 2 is 2.31 bits per heavy atom. The number of allylic oxidation sites excluding steroid dienone is 2. The van der Waals surface area contributed by atoms with E-state index >= 15 is 0 Å². The van der Waals surface area contributed by atoms with Crippen LogP contribution in [-0.2, 0) is 14.3 Å². The highest BCUT2D eigenvalue weighted by atomic mass is 16.5. The second-order valence-electron chi connectivity index (χ2n) is 3.77. The minimum atomic E-state index is -0.998. The van der Waals surface area contributed by atoms with E-state index in [4.69, 9.17) is 9.84 Å². The van der Waals surface area contributed by atoms with E-state index in [0.29, 0.717) is 18.9 Å². The predicted molar refractivity (Wildman–Crippen MR) is 57.9 cm³/mol. The minimum absolute atomic E-state index is 0.00419. The summed E-state index contributed by atoms with van der Waals surface area (Å²) in [6.07, 6.45) is 6.77. The van der Waals surface area contributed by atoms with E-state index < -0.39 is 5.97 Å². The van der Waals surface area contributed by atoms with Gasteiger partial charge in [0, 0.05) is 13.0 Å². The summed E-state index contributed by atoms with van der Waals surface area (Å²) in [6.45, 7) is 0.280. The van der Waals surface area contributed by atoms with Crippen molar-refractivity contribution < 1.29 is 19.4 Å². The molecule has 0 aromatic rings. The predicted octanol–water partition coefficient (Wildman–Crippen LogP) is 0.560. The third-order valence-corrected chi connectivity index (χ3v) is 2.35. The molecule has 2 N–H and O–H groups in total. The van der Waals surface area contributed by atoms with Crippen molar-refractivity contribution in [2.24, 2.45) is 5.92 Å². The van der Waals surface area contributed by atoms with Crippen LogP contribution in [0.5, 0.6) is 0 Å². The lowest BCUT2D eigenvalue weighted by Crippen LogP contribution is -2.28. The SMILES string of the molecule is O=C(O)COCCNC(=O)CC1C=CCC1. The van der Waals surface area contributed by atoms with E-state index in [1.54, 1.807) is 0 Å². The third kappa shape index (κ3) is 5.50. The molecule has 1 aliphatic carbocycles. The summed E-state index contributed by atoms with van der Waals surface area (Å²) < 4.78 is 4.79. The molecule has 0 saturated carbocycles. The number of carbonyl (C=O) groups is 2. The van der Waals surface area contributed by atoms with Crippen LogP contribution in [0.3, 0.4) is 0 Å². The van der Waals surface area contributed by atoms with Gasteiger partial charge in [-0.25, -0.2) is 4.79 Å². The lowest BCUT2D eigenvalue weighted by atomic mass is 10.1. The van der Waals surface area contributed by atoms with E-state index in [1.807, 2.05) is 0 Å². The summed E-state index contributed by atoms with van der Waals surface area (Å²) in [7, 11) is 0. The molecule has 1 atom stereocenters. The highest BCUT2D eigenvalue weighted by molar-refractivity contribution is 5.76. The van der Waals surface area contributed by atoms with Crippen LogP contribution in [0.1, 0.15) is 19.3 Å². The third-order valence-electron chi connectivity index (χ3n) is 2.35. The quantitative estimate of drug-likeness (QED) is 0.492. The number of carboxylic acids is 1. The molecule has 0 fully saturated rings. The monoisotopic (exact) mass is 227 g/mol. The van der Waals surface area contributed by atoms with Crippen molar-refractivity contribution in [3.05, 3.63) is 12.2 Å². The summed E-state index contributed by atoms with van der Waals surface area (Å²) in [5.74, 6) is -0.641. The lowest BCUT2D eigenvalue weighted by molar-refractivity contribution is -0.142. The smallest absolute Gasteiger partial charge is 0.329 e. The van der Waals surface area contributed by atoms with Crippen LogP contribution < -0.4 is 5.32 Å². The maximum absolute atomic E-state index is 11.4. The number of hydrogen-bond acceptors (Lipinski definition) is 3. The summed E-state index contributed by atoms with van der Waals surface area (Å²) in [4.78, 5) is 21.5. The Balaban J connectivity index is 1.97. The first-order valence-corrected chi connectivity index (χ1v) is 5.41. The van der Waals surface area contributed by atoms with Gasteiger partial charge in [-0.1, -0.05) is 12.2 Å². The van der Waals surface area contributed by atoms with Crippen molar-refractivity contribution in [2.45, 2.75) is 19.3 Å². The van der Waals surface area contributed by atoms with Crippen LogP contribution in [0.15, 0.2) is 12.2 Å². The normalized spacial score (nSPS) is 18.6. The molecule has 5 nitrogen and oxygen atoms in total. The molecular formula is C11H17NO4. The molecule has 0 bridgehead atoms. The van der Waals surface area contributed by atoms with Gasteiger partial charge in [-0.3, -0.25) is 4.79 Å². The van der Waals surface area contributed by atoms with Crippen LogP contribution in [0.2, 0.25) is 0 Å². The molecule has 16 heavy (non-hydrogen) atoms. The van der Waals surface area contributed by atoms with Gasteiger partial charge in [0.25, 0.3) is 0 Å². The first kappa shape index (κ1) is 12.7. The fraction of sp³-hybridized carbons (Fsp3) is 0.636. The number of nitrogens with one attached hydrogen (secondary N) is 1. The highest BCUT2D eigenvalue weighted by Gasteiger charge is 2.13. The van der Waals surface area contributed by atoms with E-state index in [0.717, 1.165) is 12.8 Å². The molecule has 0 spiro atoms. The number of hydrogen-bond donors (Lipinski definition) is 2. The van der Waals surface area contributed by atoms with Crippen molar-refractivity contribution in [1.29, 1.82) is 0 Å². The fourth-order valence-corrected chi connectivity index (χ4v) is 1.60. The Hall–Kier alpha value is -1.36. The number of carbonyl (C=O) groups excluding carboxylic acids is 1. The summed E-state index contributed by atoms with van der Waals surface area (Å²) in [5, 5.41) is 11.0. The number of amides is 1. The Bertz CT molecular complexity index is 275. The van der Waals surface area contributed by atoms with Gasteiger partial charge in [0.05, 0.1) is 6.61 Å². The molecular weight excluding hydrogens is 210 g/mol. The number of aliphatic carboxylic acids is 1. The lowest BCUT2D eigenvalue weighted by Gasteiger charge is -2.08. The number of ether oxygens (including phenoxy) is 1. The first-order chi connectivity index (χ1) is 7.68. The Morgan fingerprint density at radius 1 is 1.50 bits per heavy atom. The molecule has 90 valence electrons. The van der Waals surface area contributed by atoms with Gasteiger partial charge in [0.15, 0.2) is 0 Å². The van der Waals surface area contributed by atoms with Gasteiger partial charge in [0.2, 0.25) is 5.91 Å². The zero-order valence-electron chi connectivity index (χ0n) is 9.15. The van der Waals surface area contributed by atoms with Crippen molar-refractivity contribution in [3.8, 4) is 0 Å². The van der Waals surface area contributed by atoms with Crippen LogP contribution in [0.25, 0.3) is 0 Å². The van der Waals surface area contributed by atoms with Crippen LogP contribution in [0.4, 0.5) is 0 Å². The van der Waals surface area contributed by atoms with Gasteiger partial charge in [0.1, 0.15) is 6.61 Å². The molecule has 0 saturated heterocycles. The van der Waals surface area contributed by atoms with Crippen LogP contribution in [0, 0.1) is 5.92 Å². The second-order valence-corrected chi connectivity index (χ2v) is 3.77.